The lowest BCUT2D eigenvalue weighted by Gasteiger charge is -2.11. The quantitative estimate of drug-likeness (QED) is 0.310. The second-order valence-corrected chi connectivity index (χ2v) is 7.92. The highest BCUT2D eigenvalue weighted by molar-refractivity contribution is 7.71. The standard InChI is InChI=1S/C25H20N6OS/c32-24-21-14-8-7-13-20(21)22(15-18-9-3-1-4-10-18)29-30(24)17-23-27-28-25(33)31(23)26-16-19-11-5-2-6-12-19/h1-14,16H,15,17H2,(H,28,33)/b26-16+. The number of nitrogens with one attached hydrogen (secondary N) is 1. The number of benzene rings is 3. The molecule has 7 nitrogen and oxygen atoms in total. The molecule has 8 heteroatoms. The molecule has 0 saturated heterocycles. The Balaban J connectivity index is 1.55. The van der Waals surface area contributed by atoms with E-state index in [-0.39, 0.29) is 12.1 Å². The molecule has 33 heavy (non-hydrogen) atoms. The molecule has 3 aromatic carbocycles. The number of rotatable bonds is 6. The number of aromatic amines is 1. The maximum Gasteiger partial charge on any atom is 0.275 e. The second-order valence-electron chi connectivity index (χ2n) is 7.53. The van der Waals surface area contributed by atoms with E-state index in [9.17, 15) is 4.79 Å². The van der Waals surface area contributed by atoms with Gasteiger partial charge < -0.3 is 0 Å². The zero-order valence-electron chi connectivity index (χ0n) is 17.6. The Kier molecular flexibility index (Phi) is 5.73. The van der Waals surface area contributed by atoms with E-state index >= 15 is 0 Å². The molecule has 0 atom stereocenters. The van der Waals surface area contributed by atoms with Crippen molar-refractivity contribution in [1.82, 2.24) is 24.7 Å². The SMILES string of the molecule is O=c1c2ccccc2c(Cc2ccccc2)nn1Cc1n[nH]c(=S)n1/N=C/c1ccccc1. The van der Waals surface area contributed by atoms with E-state index < -0.39 is 0 Å². The first-order chi connectivity index (χ1) is 16.2. The van der Waals surface area contributed by atoms with Crippen molar-refractivity contribution in [3.8, 4) is 0 Å². The van der Waals surface area contributed by atoms with E-state index in [1.807, 2.05) is 72.8 Å². The first kappa shape index (κ1) is 20.7. The first-order valence-corrected chi connectivity index (χ1v) is 10.9. The monoisotopic (exact) mass is 452 g/mol. The minimum absolute atomic E-state index is 0.130. The summed E-state index contributed by atoms with van der Waals surface area (Å²) in [6.07, 6.45) is 2.31. The Bertz CT molecular complexity index is 1550. The van der Waals surface area contributed by atoms with Crippen LogP contribution in [0.3, 0.4) is 0 Å². The minimum atomic E-state index is -0.185. The summed E-state index contributed by atoms with van der Waals surface area (Å²) in [6, 6.07) is 27.3. The van der Waals surface area contributed by atoms with Crippen LogP contribution < -0.4 is 5.56 Å². The zero-order valence-corrected chi connectivity index (χ0v) is 18.4. The van der Waals surface area contributed by atoms with Crippen LogP contribution in [0.2, 0.25) is 0 Å². The zero-order chi connectivity index (χ0) is 22.6. The van der Waals surface area contributed by atoms with Crippen LogP contribution in [-0.4, -0.2) is 30.9 Å². The molecule has 162 valence electrons. The van der Waals surface area contributed by atoms with Gasteiger partial charge in [-0.25, -0.2) is 4.68 Å². The van der Waals surface area contributed by atoms with Crippen molar-refractivity contribution < 1.29 is 0 Å². The summed E-state index contributed by atoms with van der Waals surface area (Å²) in [6.45, 7) is 0.130. The minimum Gasteiger partial charge on any atom is -0.267 e. The number of fused-ring (bicyclic) bond motifs is 1. The molecule has 0 saturated carbocycles. The van der Waals surface area contributed by atoms with Gasteiger partial charge in [0.2, 0.25) is 4.77 Å². The van der Waals surface area contributed by atoms with Gasteiger partial charge in [-0.3, -0.25) is 9.89 Å². The summed E-state index contributed by atoms with van der Waals surface area (Å²) in [5.41, 5.74) is 2.69. The third-order valence-electron chi connectivity index (χ3n) is 5.29. The second kappa shape index (κ2) is 9.13. The van der Waals surface area contributed by atoms with E-state index in [0.717, 1.165) is 22.2 Å². The summed E-state index contributed by atoms with van der Waals surface area (Å²) < 4.78 is 3.29. The predicted molar refractivity (Wildman–Crippen MR) is 131 cm³/mol. The van der Waals surface area contributed by atoms with Gasteiger partial charge in [-0.05, 0) is 29.4 Å². The molecule has 0 unspecified atom stereocenters. The van der Waals surface area contributed by atoms with Crippen molar-refractivity contribution in [2.75, 3.05) is 0 Å². The molecule has 0 aliphatic heterocycles. The lowest BCUT2D eigenvalue weighted by atomic mass is 10.0. The first-order valence-electron chi connectivity index (χ1n) is 10.5. The highest BCUT2D eigenvalue weighted by atomic mass is 32.1. The van der Waals surface area contributed by atoms with Crippen molar-refractivity contribution in [3.05, 3.63) is 123 Å². The molecule has 2 aromatic heterocycles. The fourth-order valence-electron chi connectivity index (χ4n) is 3.68. The summed E-state index contributed by atoms with van der Waals surface area (Å²) in [7, 11) is 0. The average molecular weight is 453 g/mol. The van der Waals surface area contributed by atoms with Gasteiger partial charge in [-0.15, -0.1) is 0 Å². The van der Waals surface area contributed by atoms with E-state index in [0.29, 0.717) is 22.4 Å². The number of aromatic nitrogens is 5. The third kappa shape index (κ3) is 4.42. The Hall–Kier alpha value is -4.17. The van der Waals surface area contributed by atoms with Crippen molar-refractivity contribution in [1.29, 1.82) is 0 Å². The largest absolute Gasteiger partial charge is 0.275 e. The molecule has 2 heterocycles. The van der Waals surface area contributed by atoms with E-state index in [1.165, 1.54) is 9.36 Å². The predicted octanol–water partition coefficient (Wildman–Crippen LogP) is 4.17. The summed E-state index contributed by atoms with van der Waals surface area (Å²) in [5.74, 6) is 0.489. The molecule has 0 aliphatic rings. The Morgan fingerprint density at radius 1 is 0.909 bits per heavy atom. The molecule has 0 amide bonds. The number of hydrogen-bond acceptors (Lipinski definition) is 5. The maximum absolute atomic E-state index is 13.2. The molecule has 0 spiro atoms. The number of H-pyrrole nitrogens is 1. The maximum atomic E-state index is 13.2. The van der Waals surface area contributed by atoms with E-state index in [1.54, 1.807) is 6.21 Å². The number of nitrogens with zero attached hydrogens (tertiary/aromatic N) is 5. The summed E-state index contributed by atoms with van der Waals surface area (Å²) in [5, 5.41) is 17.7. The molecule has 0 radical (unpaired) electrons. The molecular weight excluding hydrogens is 432 g/mol. The van der Waals surface area contributed by atoms with Crippen LogP contribution in [0.25, 0.3) is 10.8 Å². The lowest BCUT2D eigenvalue weighted by Crippen LogP contribution is -2.26. The Morgan fingerprint density at radius 2 is 1.58 bits per heavy atom. The fraction of sp³-hybridized carbons (Fsp3) is 0.0800. The highest BCUT2D eigenvalue weighted by Crippen LogP contribution is 2.17. The van der Waals surface area contributed by atoms with Gasteiger partial charge >= 0.3 is 0 Å². The summed E-state index contributed by atoms with van der Waals surface area (Å²) >= 11 is 5.35. The van der Waals surface area contributed by atoms with Gasteiger partial charge in [0.05, 0.1) is 17.3 Å². The fourth-order valence-corrected chi connectivity index (χ4v) is 3.87. The third-order valence-corrected chi connectivity index (χ3v) is 5.55. The van der Waals surface area contributed by atoms with Gasteiger partial charge in [-0.1, -0.05) is 78.9 Å². The number of hydrogen-bond donors (Lipinski definition) is 1. The van der Waals surface area contributed by atoms with Gasteiger partial charge in [0.25, 0.3) is 5.56 Å². The van der Waals surface area contributed by atoms with Crippen LogP contribution in [-0.2, 0) is 13.0 Å². The molecule has 5 aromatic rings. The molecule has 5 rings (SSSR count). The molecule has 0 fully saturated rings. The topological polar surface area (TPSA) is 80.9 Å². The van der Waals surface area contributed by atoms with Crippen LogP contribution in [0, 0.1) is 4.77 Å². The highest BCUT2D eigenvalue weighted by Gasteiger charge is 2.14. The van der Waals surface area contributed by atoms with Crippen LogP contribution in [0.15, 0.2) is 94.8 Å². The van der Waals surface area contributed by atoms with Gasteiger partial charge in [0.15, 0.2) is 5.82 Å². The molecule has 1 N–H and O–H groups in total. The molecule has 0 bridgehead atoms. The van der Waals surface area contributed by atoms with Gasteiger partial charge in [0, 0.05) is 11.8 Å². The summed E-state index contributed by atoms with van der Waals surface area (Å²) in [4.78, 5) is 13.2. The Labute approximate surface area is 194 Å². The van der Waals surface area contributed by atoms with Crippen molar-refractivity contribution in [2.24, 2.45) is 5.10 Å². The molecular formula is C25H20N6OS. The van der Waals surface area contributed by atoms with Gasteiger partial charge in [-0.2, -0.15) is 20.0 Å². The lowest BCUT2D eigenvalue weighted by molar-refractivity contribution is 0.588. The van der Waals surface area contributed by atoms with Crippen LogP contribution >= 0.6 is 12.2 Å². The van der Waals surface area contributed by atoms with Crippen molar-refractivity contribution >= 4 is 29.2 Å². The normalized spacial score (nSPS) is 11.4. The van der Waals surface area contributed by atoms with Crippen LogP contribution in [0.1, 0.15) is 22.6 Å². The van der Waals surface area contributed by atoms with E-state index in [4.69, 9.17) is 17.3 Å². The van der Waals surface area contributed by atoms with Crippen LogP contribution in [0.5, 0.6) is 0 Å². The van der Waals surface area contributed by atoms with Crippen molar-refractivity contribution in [3.63, 3.8) is 0 Å². The average Bonchev–Trinajstić information content (AvgIpc) is 3.21. The van der Waals surface area contributed by atoms with Crippen molar-refractivity contribution in [2.45, 2.75) is 13.0 Å². The molecule has 0 aliphatic carbocycles. The van der Waals surface area contributed by atoms with Crippen LogP contribution in [0.4, 0.5) is 0 Å². The Morgan fingerprint density at radius 3 is 2.33 bits per heavy atom. The van der Waals surface area contributed by atoms with Gasteiger partial charge in [0.1, 0.15) is 6.54 Å². The smallest absolute Gasteiger partial charge is 0.267 e. The van der Waals surface area contributed by atoms with E-state index in [2.05, 4.69) is 27.4 Å².